The molecule has 0 unspecified atom stereocenters. The molecule has 0 saturated heterocycles. The third-order valence-corrected chi connectivity index (χ3v) is 4.60. The molecule has 6 heteroatoms. The summed E-state index contributed by atoms with van der Waals surface area (Å²) in [4.78, 5) is 0.315. The fourth-order valence-electron chi connectivity index (χ4n) is 1.94. The van der Waals surface area contributed by atoms with E-state index in [4.69, 9.17) is 4.74 Å². The number of sulfonamides is 1. The van der Waals surface area contributed by atoms with Gasteiger partial charge in [0.2, 0.25) is 10.0 Å². The van der Waals surface area contributed by atoms with Crippen molar-refractivity contribution < 1.29 is 13.2 Å². The van der Waals surface area contributed by atoms with Gasteiger partial charge in [0.1, 0.15) is 0 Å². The number of benzene rings is 1. The quantitative estimate of drug-likeness (QED) is 0.608. The first-order chi connectivity index (χ1) is 10.1. The van der Waals surface area contributed by atoms with Crippen LogP contribution in [0.25, 0.3) is 0 Å². The van der Waals surface area contributed by atoms with Gasteiger partial charge in [-0.15, -0.1) is 0 Å². The molecule has 0 aliphatic carbocycles. The van der Waals surface area contributed by atoms with Crippen LogP contribution in [0.4, 0.5) is 0 Å². The number of rotatable bonds is 11. The summed E-state index contributed by atoms with van der Waals surface area (Å²) >= 11 is 0. The van der Waals surface area contributed by atoms with Crippen molar-refractivity contribution >= 4 is 10.0 Å². The van der Waals surface area contributed by atoms with Crippen LogP contribution in [0.2, 0.25) is 0 Å². The van der Waals surface area contributed by atoms with Crippen LogP contribution in [0.1, 0.15) is 25.3 Å². The Bertz CT molecular complexity index is 486. The number of hydrogen-bond acceptors (Lipinski definition) is 4. The minimum absolute atomic E-state index is 0.315. The summed E-state index contributed by atoms with van der Waals surface area (Å²) in [6.45, 7) is 4.98. The molecular weight excluding hydrogens is 288 g/mol. The maximum absolute atomic E-state index is 12.0. The fourth-order valence-corrected chi connectivity index (χ4v) is 3.01. The Morgan fingerprint density at radius 2 is 1.81 bits per heavy atom. The van der Waals surface area contributed by atoms with Crippen molar-refractivity contribution in [2.45, 2.75) is 31.1 Å². The van der Waals surface area contributed by atoms with Crippen molar-refractivity contribution in [3.63, 3.8) is 0 Å². The molecule has 21 heavy (non-hydrogen) atoms. The van der Waals surface area contributed by atoms with Gasteiger partial charge in [-0.05, 0) is 50.0 Å². The maximum Gasteiger partial charge on any atom is 0.240 e. The summed E-state index contributed by atoms with van der Waals surface area (Å²) in [6, 6.07) is 7.10. The molecular formula is C15H26N2O3S. The van der Waals surface area contributed by atoms with Gasteiger partial charge in [0.25, 0.3) is 0 Å². The number of hydrogen-bond donors (Lipinski definition) is 2. The lowest BCUT2D eigenvalue weighted by atomic mass is 10.1. The van der Waals surface area contributed by atoms with Crippen LogP contribution >= 0.6 is 0 Å². The van der Waals surface area contributed by atoms with Crippen LogP contribution < -0.4 is 10.0 Å². The molecule has 0 radical (unpaired) electrons. The first-order valence-electron chi connectivity index (χ1n) is 7.38. The Morgan fingerprint density at radius 1 is 1.10 bits per heavy atom. The van der Waals surface area contributed by atoms with Gasteiger partial charge in [-0.2, -0.15) is 0 Å². The summed E-state index contributed by atoms with van der Waals surface area (Å²) < 4.78 is 31.6. The van der Waals surface area contributed by atoms with Gasteiger partial charge in [-0.25, -0.2) is 13.1 Å². The highest BCUT2D eigenvalue weighted by Crippen LogP contribution is 2.11. The van der Waals surface area contributed by atoms with Crippen molar-refractivity contribution in [1.29, 1.82) is 0 Å². The highest BCUT2D eigenvalue weighted by Gasteiger charge is 2.12. The van der Waals surface area contributed by atoms with Gasteiger partial charge in [-0.1, -0.05) is 19.1 Å². The first kappa shape index (κ1) is 18.1. The summed E-state index contributed by atoms with van der Waals surface area (Å²) in [5.74, 6) is 0. The normalized spacial score (nSPS) is 11.7. The van der Waals surface area contributed by atoms with E-state index >= 15 is 0 Å². The number of methoxy groups -OCH3 is 1. The molecule has 0 atom stereocenters. The SMILES string of the molecule is CCNCCCc1ccc(S(=O)(=O)NCCCOC)cc1. The Balaban J connectivity index is 2.48. The maximum atomic E-state index is 12.0. The molecule has 0 amide bonds. The molecule has 0 bridgehead atoms. The van der Waals surface area contributed by atoms with E-state index in [9.17, 15) is 8.42 Å². The Labute approximate surface area is 128 Å². The van der Waals surface area contributed by atoms with E-state index in [1.54, 1.807) is 19.2 Å². The lowest BCUT2D eigenvalue weighted by Crippen LogP contribution is -2.25. The van der Waals surface area contributed by atoms with E-state index in [1.165, 1.54) is 0 Å². The molecule has 0 spiro atoms. The van der Waals surface area contributed by atoms with E-state index in [0.717, 1.165) is 31.5 Å². The molecule has 0 aliphatic heterocycles. The topological polar surface area (TPSA) is 67.4 Å². The van der Waals surface area contributed by atoms with Gasteiger partial charge in [0.15, 0.2) is 0 Å². The zero-order valence-corrected chi connectivity index (χ0v) is 13.7. The second-order valence-electron chi connectivity index (χ2n) is 4.85. The van der Waals surface area contributed by atoms with E-state index < -0.39 is 10.0 Å². The van der Waals surface area contributed by atoms with Crippen LogP contribution in [0.15, 0.2) is 29.2 Å². The Morgan fingerprint density at radius 3 is 2.43 bits per heavy atom. The summed E-state index contributed by atoms with van der Waals surface area (Å²) in [5.41, 5.74) is 1.16. The lowest BCUT2D eigenvalue weighted by Gasteiger charge is -2.08. The molecule has 5 nitrogen and oxygen atoms in total. The molecule has 1 rings (SSSR count). The summed E-state index contributed by atoms with van der Waals surface area (Å²) in [5, 5.41) is 3.27. The summed E-state index contributed by atoms with van der Waals surface area (Å²) in [7, 11) is -1.80. The zero-order chi connectivity index (χ0) is 15.6. The highest BCUT2D eigenvalue weighted by atomic mass is 32.2. The Hall–Kier alpha value is -0.950. The molecule has 0 aliphatic rings. The highest BCUT2D eigenvalue weighted by molar-refractivity contribution is 7.89. The average Bonchev–Trinajstić information content (AvgIpc) is 2.49. The monoisotopic (exact) mass is 314 g/mol. The predicted octanol–water partition coefficient (Wildman–Crippen LogP) is 1.54. The van der Waals surface area contributed by atoms with Crippen molar-refractivity contribution in [3.8, 4) is 0 Å². The minimum atomic E-state index is -3.40. The predicted molar refractivity (Wildman–Crippen MR) is 85.0 cm³/mol. The minimum Gasteiger partial charge on any atom is -0.385 e. The standard InChI is InChI=1S/C15H26N2O3S/c1-3-16-11-4-6-14-7-9-15(10-8-14)21(18,19)17-12-5-13-20-2/h7-10,16-17H,3-6,11-13H2,1-2H3. The van der Waals surface area contributed by atoms with Crippen LogP contribution in [0.3, 0.4) is 0 Å². The number of ether oxygens (including phenoxy) is 1. The van der Waals surface area contributed by atoms with E-state index in [-0.39, 0.29) is 0 Å². The third-order valence-electron chi connectivity index (χ3n) is 3.12. The van der Waals surface area contributed by atoms with Crippen LogP contribution in [-0.2, 0) is 21.2 Å². The van der Waals surface area contributed by atoms with Crippen LogP contribution in [-0.4, -0.2) is 41.8 Å². The van der Waals surface area contributed by atoms with Crippen molar-refractivity contribution in [1.82, 2.24) is 10.0 Å². The van der Waals surface area contributed by atoms with Crippen LogP contribution in [0, 0.1) is 0 Å². The molecule has 2 N–H and O–H groups in total. The van der Waals surface area contributed by atoms with Gasteiger partial charge >= 0.3 is 0 Å². The molecule has 1 aromatic rings. The average molecular weight is 314 g/mol. The largest absolute Gasteiger partial charge is 0.385 e. The molecule has 0 aromatic heterocycles. The van der Waals surface area contributed by atoms with E-state index in [0.29, 0.717) is 24.5 Å². The van der Waals surface area contributed by atoms with Gasteiger partial charge in [0.05, 0.1) is 4.90 Å². The molecule has 0 heterocycles. The van der Waals surface area contributed by atoms with Crippen molar-refractivity contribution in [2.75, 3.05) is 33.4 Å². The molecule has 120 valence electrons. The molecule has 0 fully saturated rings. The zero-order valence-electron chi connectivity index (χ0n) is 12.9. The third kappa shape index (κ3) is 7.04. The smallest absolute Gasteiger partial charge is 0.240 e. The Kier molecular flexibility index (Phi) is 8.52. The number of aryl methyl sites for hydroxylation is 1. The van der Waals surface area contributed by atoms with E-state index in [1.807, 2.05) is 12.1 Å². The van der Waals surface area contributed by atoms with Gasteiger partial charge in [-0.3, -0.25) is 0 Å². The van der Waals surface area contributed by atoms with E-state index in [2.05, 4.69) is 17.0 Å². The first-order valence-corrected chi connectivity index (χ1v) is 8.86. The van der Waals surface area contributed by atoms with Crippen molar-refractivity contribution in [3.05, 3.63) is 29.8 Å². The van der Waals surface area contributed by atoms with Crippen molar-refractivity contribution in [2.24, 2.45) is 0 Å². The second-order valence-corrected chi connectivity index (χ2v) is 6.61. The van der Waals surface area contributed by atoms with Gasteiger partial charge < -0.3 is 10.1 Å². The second kappa shape index (κ2) is 9.89. The van der Waals surface area contributed by atoms with Crippen LogP contribution in [0.5, 0.6) is 0 Å². The van der Waals surface area contributed by atoms with Gasteiger partial charge in [0, 0.05) is 20.3 Å². The lowest BCUT2D eigenvalue weighted by molar-refractivity contribution is 0.196. The number of nitrogens with one attached hydrogen (secondary N) is 2. The molecule has 0 saturated carbocycles. The fraction of sp³-hybridized carbons (Fsp3) is 0.600. The summed E-state index contributed by atoms with van der Waals surface area (Å²) in [6.07, 6.45) is 2.67. The molecule has 1 aromatic carbocycles.